The van der Waals surface area contributed by atoms with Crippen LogP contribution >= 0.6 is 15.9 Å². The predicted octanol–water partition coefficient (Wildman–Crippen LogP) is 12.8. The normalized spacial score (nSPS) is 11.2. The highest BCUT2D eigenvalue weighted by Gasteiger charge is 2.17. The second kappa shape index (κ2) is 11.6. The van der Waals surface area contributed by atoms with Crippen molar-refractivity contribution in [3.63, 3.8) is 0 Å². The Morgan fingerprint density at radius 2 is 0.844 bits per heavy atom. The maximum Gasteiger partial charge on any atom is 0.144 e. The Labute approximate surface area is 271 Å². The lowest BCUT2D eigenvalue weighted by atomic mass is 10.0. The van der Waals surface area contributed by atoms with Crippen molar-refractivity contribution in [1.29, 1.82) is 0 Å². The van der Waals surface area contributed by atoms with E-state index in [0.29, 0.717) is 0 Å². The fourth-order valence-electron chi connectivity index (χ4n) is 6.12. The second-order valence-corrected chi connectivity index (χ2v) is 12.0. The van der Waals surface area contributed by atoms with Gasteiger partial charge in [0.1, 0.15) is 11.2 Å². The van der Waals surface area contributed by atoms with Gasteiger partial charge in [0.25, 0.3) is 0 Å². The molecule has 8 rings (SSSR count). The van der Waals surface area contributed by atoms with Crippen LogP contribution in [-0.2, 0) is 0 Å². The fourth-order valence-corrected chi connectivity index (χ4v) is 6.65. The Hall–Kier alpha value is -5.38. The van der Waals surface area contributed by atoms with Crippen LogP contribution in [0.1, 0.15) is 0 Å². The van der Waals surface area contributed by atoms with E-state index in [0.717, 1.165) is 54.6 Å². The number of nitrogens with zero attached hydrogens (tertiary/aromatic N) is 1. The number of para-hydroxylation sites is 1. The molecular formula is C42H28BrNO. The van der Waals surface area contributed by atoms with Crippen molar-refractivity contribution >= 4 is 54.9 Å². The molecule has 8 aromatic rings. The topological polar surface area (TPSA) is 16.4 Å². The molecule has 0 atom stereocenters. The molecule has 0 amide bonds. The van der Waals surface area contributed by atoms with Gasteiger partial charge in [-0.1, -0.05) is 131 Å². The van der Waals surface area contributed by atoms with E-state index in [1.807, 2.05) is 12.1 Å². The number of fused-ring (bicyclic) bond motifs is 3. The van der Waals surface area contributed by atoms with Gasteiger partial charge in [-0.15, -0.1) is 0 Å². The van der Waals surface area contributed by atoms with Gasteiger partial charge in [-0.3, -0.25) is 0 Å². The molecule has 1 aromatic heterocycles. The van der Waals surface area contributed by atoms with E-state index in [1.165, 1.54) is 22.3 Å². The highest BCUT2D eigenvalue weighted by molar-refractivity contribution is 9.10. The molecule has 0 fully saturated rings. The monoisotopic (exact) mass is 641 g/mol. The summed E-state index contributed by atoms with van der Waals surface area (Å²) in [4.78, 5) is 2.31. The Balaban J connectivity index is 1.20. The average molecular weight is 643 g/mol. The van der Waals surface area contributed by atoms with E-state index in [1.54, 1.807) is 0 Å². The second-order valence-electron chi connectivity index (χ2n) is 11.1. The van der Waals surface area contributed by atoms with Gasteiger partial charge in [-0.2, -0.15) is 0 Å². The lowest BCUT2D eigenvalue weighted by molar-refractivity contribution is 0.670. The van der Waals surface area contributed by atoms with Crippen LogP contribution in [0.4, 0.5) is 17.1 Å². The standard InChI is InChI=1S/C42H28BrNO/c43-39-28-27-37(42-41(39)38-13-7-8-14-40(38)45-42)33-19-25-36(26-20-33)44(34-21-15-31(16-22-34)29-9-3-1-4-10-29)35-23-17-32(18-24-35)30-11-5-2-6-12-30/h1-28H. The Morgan fingerprint density at radius 1 is 0.400 bits per heavy atom. The molecule has 214 valence electrons. The first-order valence-corrected chi connectivity index (χ1v) is 15.8. The first-order valence-electron chi connectivity index (χ1n) is 15.0. The molecule has 0 aliphatic carbocycles. The van der Waals surface area contributed by atoms with Crippen LogP contribution in [-0.4, -0.2) is 0 Å². The van der Waals surface area contributed by atoms with Crippen LogP contribution < -0.4 is 4.90 Å². The van der Waals surface area contributed by atoms with Crippen molar-refractivity contribution in [1.82, 2.24) is 0 Å². The maximum absolute atomic E-state index is 6.39. The summed E-state index contributed by atoms with van der Waals surface area (Å²) >= 11 is 3.76. The van der Waals surface area contributed by atoms with Gasteiger partial charge < -0.3 is 9.32 Å². The third-order valence-corrected chi connectivity index (χ3v) is 9.04. The molecular weight excluding hydrogens is 614 g/mol. The number of furan rings is 1. The minimum absolute atomic E-state index is 0.890. The lowest BCUT2D eigenvalue weighted by Gasteiger charge is -2.26. The van der Waals surface area contributed by atoms with Crippen molar-refractivity contribution in [2.45, 2.75) is 0 Å². The zero-order valence-electron chi connectivity index (χ0n) is 24.4. The van der Waals surface area contributed by atoms with Gasteiger partial charge in [0.05, 0.1) is 0 Å². The molecule has 0 aliphatic heterocycles. The van der Waals surface area contributed by atoms with Gasteiger partial charge in [0.15, 0.2) is 0 Å². The SMILES string of the molecule is Brc1ccc(-c2ccc(N(c3ccc(-c4ccccc4)cc3)c3ccc(-c4ccccc4)cc3)cc2)c2oc3ccccc3c12. The molecule has 3 heteroatoms. The number of hydrogen-bond acceptors (Lipinski definition) is 2. The minimum atomic E-state index is 0.890. The summed E-state index contributed by atoms with van der Waals surface area (Å²) in [5.74, 6) is 0. The predicted molar refractivity (Wildman–Crippen MR) is 192 cm³/mol. The van der Waals surface area contributed by atoms with Gasteiger partial charge in [-0.25, -0.2) is 0 Å². The summed E-state index contributed by atoms with van der Waals surface area (Å²) in [6.07, 6.45) is 0. The highest BCUT2D eigenvalue weighted by atomic mass is 79.9. The van der Waals surface area contributed by atoms with Gasteiger partial charge in [-0.05, 0) is 82.4 Å². The molecule has 0 radical (unpaired) electrons. The molecule has 0 saturated heterocycles. The fraction of sp³-hybridized carbons (Fsp3) is 0. The zero-order chi connectivity index (χ0) is 30.2. The van der Waals surface area contributed by atoms with Crippen molar-refractivity contribution in [2.24, 2.45) is 0 Å². The molecule has 0 unspecified atom stereocenters. The summed E-state index contributed by atoms with van der Waals surface area (Å²) in [6.45, 7) is 0. The molecule has 7 aromatic carbocycles. The minimum Gasteiger partial charge on any atom is -0.455 e. The Kier molecular flexibility index (Phi) is 7.01. The molecule has 45 heavy (non-hydrogen) atoms. The number of hydrogen-bond donors (Lipinski definition) is 0. The molecule has 0 aliphatic rings. The molecule has 1 heterocycles. The smallest absolute Gasteiger partial charge is 0.144 e. The van der Waals surface area contributed by atoms with Crippen molar-refractivity contribution in [3.05, 3.63) is 174 Å². The largest absolute Gasteiger partial charge is 0.455 e. The Bertz CT molecular complexity index is 2150. The first kappa shape index (κ1) is 27.2. The third-order valence-electron chi connectivity index (χ3n) is 8.38. The molecule has 0 spiro atoms. The van der Waals surface area contributed by atoms with Crippen LogP contribution in [0.2, 0.25) is 0 Å². The number of anilines is 3. The highest BCUT2D eigenvalue weighted by Crippen LogP contribution is 2.42. The van der Waals surface area contributed by atoms with E-state index < -0.39 is 0 Å². The lowest BCUT2D eigenvalue weighted by Crippen LogP contribution is -2.09. The summed E-state index contributed by atoms with van der Waals surface area (Å²) in [7, 11) is 0. The maximum atomic E-state index is 6.39. The van der Waals surface area contributed by atoms with E-state index in [4.69, 9.17) is 4.42 Å². The van der Waals surface area contributed by atoms with Crippen molar-refractivity contribution in [2.75, 3.05) is 4.90 Å². The molecule has 0 N–H and O–H groups in total. The van der Waals surface area contributed by atoms with E-state index in [2.05, 4.69) is 179 Å². The number of halogens is 1. The molecule has 0 saturated carbocycles. The summed E-state index contributed by atoms with van der Waals surface area (Å²) in [5.41, 5.74) is 12.0. The van der Waals surface area contributed by atoms with Crippen LogP contribution in [0.5, 0.6) is 0 Å². The van der Waals surface area contributed by atoms with Crippen molar-refractivity contribution < 1.29 is 4.42 Å². The van der Waals surface area contributed by atoms with Crippen LogP contribution in [0.25, 0.3) is 55.3 Å². The van der Waals surface area contributed by atoms with Gasteiger partial charge in [0.2, 0.25) is 0 Å². The van der Waals surface area contributed by atoms with Crippen LogP contribution in [0.15, 0.2) is 179 Å². The number of benzene rings is 7. The quantitative estimate of drug-likeness (QED) is 0.179. The average Bonchev–Trinajstić information content (AvgIpc) is 3.51. The molecule has 2 nitrogen and oxygen atoms in total. The van der Waals surface area contributed by atoms with Crippen LogP contribution in [0, 0.1) is 0 Å². The van der Waals surface area contributed by atoms with E-state index in [9.17, 15) is 0 Å². The summed E-state index contributed by atoms with van der Waals surface area (Å²) in [6, 6.07) is 59.8. The number of rotatable bonds is 6. The van der Waals surface area contributed by atoms with E-state index in [-0.39, 0.29) is 0 Å². The van der Waals surface area contributed by atoms with Crippen molar-refractivity contribution in [3.8, 4) is 33.4 Å². The van der Waals surface area contributed by atoms with Crippen LogP contribution in [0.3, 0.4) is 0 Å². The summed E-state index contributed by atoms with van der Waals surface area (Å²) in [5, 5.41) is 2.22. The zero-order valence-corrected chi connectivity index (χ0v) is 26.0. The molecule has 0 bridgehead atoms. The Morgan fingerprint density at radius 3 is 1.38 bits per heavy atom. The van der Waals surface area contributed by atoms with Gasteiger partial charge in [0, 0.05) is 37.9 Å². The van der Waals surface area contributed by atoms with E-state index >= 15 is 0 Å². The third kappa shape index (κ3) is 5.12. The van der Waals surface area contributed by atoms with Gasteiger partial charge >= 0.3 is 0 Å². The first-order chi connectivity index (χ1) is 22.2. The summed E-state index contributed by atoms with van der Waals surface area (Å²) < 4.78 is 7.42.